The van der Waals surface area contributed by atoms with E-state index in [0.29, 0.717) is 19.0 Å². The van der Waals surface area contributed by atoms with Gasteiger partial charge in [0.1, 0.15) is 5.75 Å². The van der Waals surface area contributed by atoms with Crippen LogP contribution in [0.4, 0.5) is 5.69 Å². The van der Waals surface area contributed by atoms with Gasteiger partial charge in [-0.05, 0) is 42.7 Å². The Bertz CT molecular complexity index is 785. The third-order valence-corrected chi connectivity index (χ3v) is 5.19. The monoisotopic (exact) mass is 386 g/mol. The summed E-state index contributed by atoms with van der Waals surface area (Å²) < 4.78 is 6.03. The van der Waals surface area contributed by atoms with Crippen LogP contribution in [0.1, 0.15) is 32.3 Å². The number of halogens is 1. The van der Waals surface area contributed by atoms with Crippen molar-refractivity contribution in [2.45, 2.75) is 32.8 Å². The van der Waals surface area contributed by atoms with Gasteiger partial charge in [-0.3, -0.25) is 4.79 Å². The second-order valence-electron chi connectivity index (χ2n) is 7.24. The molecule has 0 radical (unpaired) electrons. The van der Waals surface area contributed by atoms with Gasteiger partial charge in [0.25, 0.3) is 5.91 Å². The predicted octanol–water partition coefficient (Wildman–Crippen LogP) is 4.58. The fourth-order valence-electron chi connectivity index (χ4n) is 3.42. The van der Waals surface area contributed by atoms with E-state index in [1.54, 1.807) is 0 Å². The van der Waals surface area contributed by atoms with Gasteiger partial charge in [0.05, 0.1) is 0 Å². The van der Waals surface area contributed by atoms with Crippen LogP contribution in [-0.4, -0.2) is 43.1 Å². The average Bonchev–Trinajstić information content (AvgIpc) is 2.67. The number of carbonyl (C=O) groups is 1. The molecule has 0 spiro atoms. The molecule has 0 bridgehead atoms. The number of ether oxygens (including phenoxy) is 1. The van der Waals surface area contributed by atoms with Crippen LogP contribution < -0.4 is 9.64 Å². The summed E-state index contributed by atoms with van der Waals surface area (Å²) in [5.74, 6) is 1.19. The van der Waals surface area contributed by atoms with Crippen molar-refractivity contribution in [3.05, 3.63) is 59.1 Å². The number of rotatable bonds is 5. The number of amides is 1. The minimum Gasteiger partial charge on any atom is -0.481 e. The van der Waals surface area contributed by atoms with E-state index in [1.165, 1.54) is 0 Å². The van der Waals surface area contributed by atoms with Crippen molar-refractivity contribution < 1.29 is 9.53 Å². The van der Waals surface area contributed by atoms with E-state index in [1.807, 2.05) is 48.2 Å². The van der Waals surface area contributed by atoms with Gasteiger partial charge in [-0.25, -0.2) is 0 Å². The highest BCUT2D eigenvalue weighted by molar-refractivity contribution is 6.30. The normalized spacial score (nSPS) is 15.7. The number of para-hydroxylation sites is 1. The summed E-state index contributed by atoms with van der Waals surface area (Å²) in [5, 5.41) is 0.733. The average molecular weight is 387 g/mol. The summed E-state index contributed by atoms with van der Waals surface area (Å²) in [6, 6.07) is 15.8. The van der Waals surface area contributed by atoms with Crippen molar-refractivity contribution in [1.29, 1.82) is 0 Å². The maximum absolute atomic E-state index is 12.8. The van der Waals surface area contributed by atoms with Crippen LogP contribution in [0.2, 0.25) is 5.02 Å². The molecule has 0 N–H and O–H groups in total. The summed E-state index contributed by atoms with van der Waals surface area (Å²) in [6.45, 7) is 9.05. The Balaban J connectivity index is 1.59. The number of piperazine rings is 1. The lowest BCUT2D eigenvalue weighted by molar-refractivity contribution is -0.138. The molecule has 144 valence electrons. The van der Waals surface area contributed by atoms with Crippen LogP contribution in [0.15, 0.2) is 48.5 Å². The van der Waals surface area contributed by atoms with Gasteiger partial charge in [0.2, 0.25) is 0 Å². The molecule has 1 aliphatic heterocycles. The minimum atomic E-state index is -0.498. The SMILES string of the molecule is CC(Oc1ccccc1C(C)C)C(=O)N1CCN(c2cccc(Cl)c2)CC1. The highest BCUT2D eigenvalue weighted by atomic mass is 35.5. The first-order valence-electron chi connectivity index (χ1n) is 9.50. The van der Waals surface area contributed by atoms with Crippen LogP contribution in [0, 0.1) is 0 Å². The smallest absolute Gasteiger partial charge is 0.263 e. The van der Waals surface area contributed by atoms with E-state index in [-0.39, 0.29) is 5.91 Å². The van der Waals surface area contributed by atoms with Crippen LogP contribution in [0.25, 0.3) is 0 Å². The third-order valence-electron chi connectivity index (χ3n) is 4.96. The number of hydrogen-bond acceptors (Lipinski definition) is 3. The molecule has 1 atom stereocenters. The van der Waals surface area contributed by atoms with Gasteiger partial charge in [-0.15, -0.1) is 0 Å². The first kappa shape index (κ1) is 19.6. The minimum absolute atomic E-state index is 0.0410. The summed E-state index contributed by atoms with van der Waals surface area (Å²) in [6.07, 6.45) is -0.498. The van der Waals surface area contributed by atoms with Crippen LogP contribution in [0.3, 0.4) is 0 Å². The molecule has 1 fully saturated rings. The first-order valence-corrected chi connectivity index (χ1v) is 9.88. The Hall–Kier alpha value is -2.20. The molecule has 1 amide bonds. The van der Waals surface area contributed by atoms with Crippen molar-refractivity contribution in [1.82, 2.24) is 4.90 Å². The molecular weight excluding hydrogens is 360 g/mol. The topological polar surface area (TPSA) is 32.8 Å². The Morgan fingerprint density at radius 2 is 1.70 bits per heavy atom. The molecule has 27 heavy (non-hydrogen) atoms. The Labute approximate surface area is 166 Å². The molecule has 0 aliphatic carbocycles. The zero-order valence-electron chi connectivity index (χ0n) is 16.2. The predicted molar refractivity (Wildman–Crippen MR) is 111 cm³/mol. The summed E-state index contributed by atoms with van der Waals surface area (Å²) >= 11 is 6.09. The van der Waals surface area contributed by atoms with Gasteiger partial charge >= 0.3 is 0 Å². The summed E-state index contributed by atoms with van der Waals surface area (Å²) in [7, 11) is 0. The molecular formula is C22H27ClN2O2. The lowest BCUT2D eigenvalue weighted by atomic mass is 10.0. The maximum Gasteiger partial charge on any atom is 0.263 e. The molecule has 1 saturated heterocycles. The molecule has 4 nitrogen and oxygen atoms in total. The molecule has 5 heteroatoms. The second-order valence-corrected chi connectivity index (χ2v) is 7.68. The molecule has 1 unspecified atom stereocenters. The second kappa shape index (κ2) is 8.66. The van der Waals surface area contributed by atoms with Gasteiger partial charge in [0.15, 0.2) is 6.10 Å². The molecule has 3 rings (SSSR count). The fraction of sp³-hybridized carbons (Fsp3) is 0.409. The van der Waals surface area contributed by atoms with E-state index in [9.17, 15) is 4.79 Å². The van der Waals surface area contributed by atoms with Gasteiger partial charge in [0, 0.05) is 36.9 Å². The van der Waals surface area contributed by atoms with Crippen molar-refractivity contribution in [3.8, 4) is 5.75 Å². The highest BCUT2D eigenvalue weighted by Gasteiger charge is 2.26. The highest BCUT2D eigenvalue weighted by Crippen LogP contribution is 2.27. The van der Waals surface area contributed by atoms with Crippen LogP contribution >= 0.6 is 11.6 Å². The van der Waals surface area contributed by atoms with Crippen LogP contribution in [0.5, 0.6) is 5.75 Å². The standard InChI is InChI=1S/C22H27ClN2O2/c1-16(2)20-9-4-5-10-21(20)27-17(3)22(26)25-13-11-24(12-14-25)19-8-6-7-18(23)15-19/h4-10,15-17H,11-14H2,1-3H3. The lowest BCUT2D eigenvalue weighted by Crippen LogP contribution is -2.52. The zero-order valence-corrected chi connectivity index (χ0v) is 16.9. The fourth-order valence-corrected chi connectivity index (χ4v) is 3.61. The number of anilines is 1. The largest absolute Gasteiger partial charge is 0.481 e. The molecule has 0 saturated carbocycles. The molecule has 2 aromatic rings. The van der Waals surface area contributed by atoms with E-state index in [0.717, 1.165) is 35.1 Å². The summed E-state index contributed by atoms with van der Waals surface area (Å²) in [4.78, 5) is 17.0. The third kappa shape index (κ3) is 4.75. The summed E-state index contributed by atoms with van der Waals surface area (Å²) in [5.41, 5.74) is 2.23. The van der Waals surface area contributed by atoms with Crippen molar-refractivity contribution in [3.63, 3.8) is 0 Å². The first-order chi connectivity index (χ1) is 13.0. The lowest BCUT2D eigenvalue weighted by Gasteiger charge is -2.37. The Morgan fingerprint density at radius 3 is 2.37 bits per heavy atom. The number of carbonyl (C=O) groups excluding carboxylic acids is 1. The molecule has 1 heterocycles. The number of hydrogen-bond donors (Lipinski definition) is 0. The van der Waals surface area contributed by atoms with Crippen molar-refractivity contribution in [2.24, 2.45) is 0 Å². The molecule has 0 aromatic heterocycles. The molecule has 1 aliphatic rings. The quantitative estimate of drug-likeness (QED) is 0.754. The van der Waals surface area contributed by atoms with Gasteiger partial charge in [-0.1, -0.05) is 49.7 Å². The number of benzene rings is 2. The Morgan fingerprint density at radius 1 is 1.00 bits per heavy atom. The van der Waals surface area contributed by atoms with E-state index < -0.39 is 6.10 Å². The van der Waals surface area contributed by atoms with E-state index in [2.05, 4.69) is 30.9 Å². The van der Waals surface area contributed by atoms with E-state index >= 15 is 0 Å². The zero-order chi connectivity index (χ0) is 19.4. The number of nitrogens with zero attached hydrogens (tertiary/aromatic N) is 2. The van der Waals surface area contributed by atoms with Crippen molar-refractivity contribution >= 4 is 23.2 Å². The maximum atomic E-state index is 12.8. The van der Waals surface area contributed by atoms with Gasteiger partial charge in [-0.2, -0.15) is 0 Å². The van der Waals surface area contributed by atoms with Crippen LogP contribution in [-0.2, 0) is 4.79 Å². The van der Waals surface area contributed by atoms with E-state index in [4.69, 9.17) is 16.3 Å². The van der Waals surface area contributed by atoms with Crippen molar-refractivity contribution in [2.75, 3.05) is 31.1 Å². The Kier molecular flexibility index (Phi) is 6.27. The van der Waals surface area contributed by atoms with Gasteiger partial charge < -0.3 is 14.5 Å². The molecule has 2 aromatic carbocycles.